The molecule has 0 aromatic rings. The van der Waals surface area contributed by atoms with Crippen LogP contribution in [0.15, 0.2) is 0 Å². The predicted octanol–water partition coefficient (Wildman–Crippen LogP) is 1.08. The maximum atomic E-state index is 11.3. The van der Waals surface area contributed by atoms with Gasteiger partial charge in [0.15, 0.2) is 0 Å². The van der Waals surface area contributed by atoms with Crippen molar-refractivity contribution in [2.45, 2.75) is 51.9 Å². The van der Waals surface area contributed by atoms with Crippen LogP contribution in [0.2, 0.25) is 0 Å². The maximum Gasteiger partial charge on any atom is 0.410 e. The summed E-state index contributed by atoms with van der Waals surface area (Å²) in [6.45, 7) is 6.63. The summed E-state index contributed by atoms with van der Waals surface area (Å²) < 4.78 is 4.86. The van der Waals surface area contributed by atoms with Crippen molar-refractivity contribution in [3.8, 4) is 0 Å². The normalized spacial score (nSPS) is 15.1. The third-order valence-electron chi connectivity index (χ3n) is 1.67. The number of ether oxygens (including phenoxy) is 1. The molecule has 1 atom stereocenters. The molecular weight excluding hydrogens is 214 g/mol. The summed E-state index contributed by atoms with van der Waals surface area (Å²) in [5, 5.41) is 20.4. The minimum absolute atomic E-state index is 0.0818. The lowest BCUT2D eigenvalue weighted by atomic mass is 10.1. The molecule has 6 nitrogen and oxygen atoms in total. The minimum atomic E-state index is -2.27. The Bertz CT molecular complexity index is 271. The number of carboxylic acids is 1. The molecule has 0 aromatic carbocycles. The molecule has 0 saturated heterocycles. The molecule has 0 unspecified atom stereocenters. The van der Waals surface area contributed by atoms with E-state index in [9.17, 15) is 14.7 Å². The van der Waals surface area contributed by atoms with Gasteiger partial charge in [0.2, 0.25) is 5.72 Å². The van der Waals surface area contributed by atoms with Crippen LogP contribution in [-0.4, -0.2) is 33.6 Å². The van der Waals surface area contributed by atoms with Gasteiger partial charge in [0.05, 0.1) is 0 Å². The fraction of sp³-hybridized carbons (Fsp3) is 0.800. The Hall–Kier alpha value is -1.30. The second-order valence-corrected chi connectivity index (χ2v) is 4.54. The van der Waals surface area contributed by atoms with Gasteiger partial charge in [-0.25, -0.2) is 9.59 Å². The first-order valence-electron chi connectivity index (χ1n) is 5.07. The summed E-state index contributed by atoms with van der Waals surface area (Å²) in [7, 11) is 0. The van der Waals surface area contributed by atoms with Crippen LogP contribution < -0.4 is 5.32 Å². The van der Waals surface area contributed by atoms with Crippen molar-refractivity contribution in [1.82, 2.24) is 5.32 Å². The molecule has 0 aliphatic heterocycles. The van der Waals surface area contributed by atoms with Crippen molar-refractivity contribution in [1.29, 1.82) is 0 Å². The van der Waals surface area contributed by atoms with Gasteiger partial charge < -0.3 is 14.9 Å². The Morgan fingerprint density at radius 2 is 1.81 bits per heavy atom. The highest BCUT2D eigenvalue weighted by atomic mass is 16.6. The summed E-state index contributed by atoms with van der Waals surface area (Å²) in [6, 6.07) is 0. The van der Waals surface area contributed by atoms with Gasteiger partial charge >= 0.3 is 12.1 Å². The van der Waals surface area contributed by atoms with Gasteiger partial charge in [-0.15, -0.1) is 0 Å². The average molecular weight is 233 g/mol. The Morgan fingerprint density at radius 1 is 1.31 bits per heavy atom. The standard InChI is InChI=1S/C10H19NO5/c1-5-6-10(15,7(12)13)11-8(14)16-9(2,3)4/h15H,5-6H2,1-4H3,(H,11,14)(H,12,13)/t10-/m0/s1. The number of hydrogen-bond acceptors (Lipinski definition) is 4. The minimum Gasteiger partial charge on any atom is -0.478 e. The lowest BCUT2D eigenvalue weighted by molar-refractivity contribution is -0.162. The van der Waals surface area contributed by atoms with E-state index in [-0.39, 0.29) is 6.42 Å². The molecule has 0 aliphatic carbocycles. The van der Waals surface area contributed by atoms with E-state index in [1.807, 2.05) is 5.32 Å². The van der Waals surface area contributed by atoms with E-state index in [0.29, 0.717) is 6.42 Å². The number of rotatable bonds is 4. The number of carbonyl (C=O) groups excluding carboxylic acids is 1. The number of nitrogens with one attached hydrogen (secondary N) is 1. The Morgan fingerprint density at radius 3 is 2.12 bits per heavy atom. The van der Waals surface area contributed by atoms with Crippen LogP contribution in [0.4, 0.5) is 4.79 Å². The van der Waals surface area contributed by atoms with E-state index in [1.54, 1.807) is 27.7 Å². The van der Waals surface area contributed by atoms with Crippen molar-refractivity contribution >= 4 is 12.1 Å². The molecule has 1 amide bonds. The second-order valence-electron chi connectivity index (χ2n) is 4.54. The van der Waals surface area contributed by atoms with Crippen LogP contribution >= 0.6 is 0 Å². The summed E-state index contributed by atoms with van der Waals surface area (Å²) in [6.07, 6.45) is -0.619. The lowest BCUT2D eigenvalue weighted by Crippen LogP contribution is -2.55. The first-order chi connectivity index (χ1) is 7.10. The number of aliphatic hydroxyl groups is 1. The number of carboxylic acid groups (broad SMARTS) is 1. The molecule has 0 bridgehead atoms. The van der Waals surface area contributed by atoms with Gasteiger partial charge in [-0.1, -0.05) is 13.3 Å². The summed E-state index contributed by atoms with van der Waals surface area (Å²) in [5.41, 5.74) is -3.01. The topological polar surface area (TPSA) is 95.9 Å². The van der Waals surface area contributed by atoms with Crippen molar-refractivity contribution in [3.05, 3.63) is 0 Å². The highest BCUT2D eigenvalue weighted by Gasteiger charge is 2.38. The molecule has 0 heterocycles. The van der Waals surface area contributed by atoms with Gasteiger partial charge in [-0.3, -0.25) is 5.32 Å². The second kappa shape index (κ2) is 5.16. The zero-order chi connectivity index (χ0) is 13.0. The highest BCUT2D eigenvalue weighted by Crippen LogP contribution is 2.12. The summed E-state index contributed by atoms with van der Waals surface area (Å²) in [4.78, 5) is 22.1. The fourth-order valence-corrected chi connectivity index (χ4v) is 1.06. The number of alkyl carbamates (subject to hydrolysis) is 1. The van der Waals surface area contributed by atoms with Crippen molar-refractivity contribution in [2.24, 2.45) is 0 Å². The van der Waals surface area contributed by atoms with Crippen molar-refractivity contribution in [3.63, 3.8) is 0 Å². The zero-order valence-corrected chi connectivity index (χ0v) is 10.0. The quantitative estimate of drug-likeness (QED) is 0.631. The fourth-order valence-electron chi connectivity index (χ4n) is 1.06. The van der Waals surface area contributed by atoms with Gasteiger partial charge in [0.25, 0.3) is 0 Å². The van der Waals surface area contributed by atoms with Crippen LogP contribution in [-0.2, 0) is 9.53 Å². The van der Waals surface area contributed by atoms with Crippen molar-refractivity contribution in [2.75, 3.05) is 0 Å². The Kier molecular flexibility index (Phi) is 4.74. The Labute approximate surface area is 94.6 Å². The van der Waals surface area contributed by atoms with E-state index >= 15 is 0 Å². The third-order valence-corrected chi connectivity index (χ3v) is 1.67. The molecule has 0 spiro atoms. The van der Waals surface area contributed by atoms with Crippen LogP contribution in [0.25, 0.3) is 0 Å². The average Bonchev–Trinajstić information content (AvgIpc) is 1.99. The molecule has 0 aromatic heterocycles. The molecular formula is C10H19NO5. The van der Waals surface area contributed by atoms with Gasteiger partial charge in [0.1, 0.15) is 5.60 Å². The predicted molar refractivity (Wildman–Crippen MR) is 56.9 cm³/mol. The number of hydrogen-bond donors (Lipinski definition) is 3. The maximum absolute atomic E-state index is 11.3. The molecule has 94 valence electrons. The zero-order valence-electron chi connectivity index (χ0n) is 10.0. The van der Waals surface area contributed by atoms with E-state index in [4.69, 9.17) is 9.84 Å². The number of aliphatic carboxylic acids is 1. The highest BCUT2D eigenvalue weighted by molar-refractivity contribution is 5.82. The van der Waals surface area contributed by atoms with Gasteiger partial charge in [-0.2, -0.15) is 0 Å². The van der Waals surface area contributed by atoms with Crippen LogP contribution in [0.3, 0.4) is 0 Å². The molecule has 0 fully saturated rings. The summed E-state index contributed by atoms with van der Waals surface area (Å²) in [5.74, 6) is -1.50. The first kappa shape index (κ1) is 14.7. The molecule has 6 heteroatoms. The van der Waals surface area contributed by atoms with E-state index in [1.165, 1.54) is 0 Å². The molecule has 0 radical (unpaired) electrons. The molecule has 3 N–H and O–H groups in total. The van der Waals surface area contributed by atoms with Crippen LogP contribution in [0.5, 0.6) is 0 Å². The van der Waals surface area contributed by atoms with Crippen LogP contribution in [0, 0.1) is 0 Å². The molecule has 0 rings (SSSR count). The largest absolute Gasteiger partial charge is 0.478 e. The first-order valence-corrected chi connectivity index (χ1v) is 5.07. The summed E-state index contributed by atoms with van der Waals surface area (Å²) >= 11 is 0. The van der Waals surface area contributed by atoms with E-state index < -0.39 is 23.4 Å². The van der Waals surface area contributed by atoms with Crippen LogP contribution in [0.1, 0.15) is 40.5 Å². The monoisotopic (exact) mass is 233 g/mol. The third kappa shape index (κ3) is 4.97. The number of amides is 1. The molecule has 0 aliphatic rings. The SMILES string of the molecule is CCC[C@@](O)(NC(=O)OC(C)(C)C)C(=O)O. The van der Waals surface area contributed by atoms with Crippen molar-refractivity contribution < 1.29 is 24.5 Å². The van der Waals surface area contributed by atoms with Gasteiger partial charge in [-0.05, 0) is 20.8 Å². The van der Waals surface area contributed by atoms with E-state index in [2.05, 4.69) is 0 Å². The lowest BCUT2D eigenvalue weighted by Gasteiger charge is -2.26. The van der Waals surface area contributed by atoms with E-state index in [0.717, 1.165) is 0 Å². The van der Waals surface area contributed by atoms with Gasteiger partial charge in [0, 0.05) is 6.42 Å². The smallest absolute Gasteiger partial charge is 0.410 e. The number of carbonyl (C=O) groups is 2. The molecule has 0 saturated carbocycles. The Balaban J connectivity index is 4.53. The molecule has 16 heavy (non-hydrogen) atoms.